The molecule has 154 valence electrons. The number of halogens is 2. The maximum Gasteiger partial charge on any atom is 0.161 e. The number of benzene rings is 2. The Labute approximate surface area is 170 Å². The van der Waals surface area contributed by atoms with E-state index in [-0.39, 0.29) is 19.0 Å². The lowest BCUT2D eigenvalue weighted by molar-refractivity contribution is 0.265. The molecule has 0 amide bonds. The lowest BCUT2D eigenvalue weighted by Gasteiger charge is -2.15. The Morgan fingerprint density at radius 1 is 1.04 bits per heavy atom. The van der Waals surface area contributed by atoms with Gasteiger partial charge in [-0.3, -0.25) is 0 Å². The molecule has 0 saturated carbocycles. The molecule has 2 aromatic rings. The number of rotatable bonds is 13. The second-order valence-corrected chi connectivity index (χ2v) is 6.61. The molecule has 0 unspecified atom stereocenters. The number of aliphatic hydroxyl groups is 1. The molecule has 0 radical (unpaired) electrons. The monoisotopic (exact) mass is 410 g/mol. The summed E-state index contributed by atoms with van der Waals surface area (Å²) < 4.78 is 25.4. The first-order valence-corrected chi connectivity index (χ1v) is 9.87. The predicted molar refractivity (Wildman–Crippen MR) is 110 cm³/mol. The van der Waals surface area contributed by atoms with Crippen LogP contribution in [-0.2, 0) is 13.2 Å². The van der Waals surface area contributed by atoms with Crippen LogP contribution < -0.4 is 20.1 Å². The van der Waals surface area contributed by atoms with E-state index in [1.807, 2.05) is 25.1 Å². The molecule has 0 aliphatic rings. The number of ether oxygens (including phenoxy) is 2. The van der Waals surface area contributed by atoms with E-state index in [1.54, 1.807) is 12.1 Å². The van der Waals surface area contributed by atoms with Gasteiger partial charge in [-0.1, -0.05) is 23.7 Å². The van der Waals surface area contributed by atoms with Crippen LogP contribution in [0, 0.1) is 5.82 Å². The Bertz CT molecular complexity index is 711. The quantitative estimate of drug-likeness (QED) is 0.441. The summed E-state index contributed by atoms with van der Waals surface area (Å²) in [6.07, 6.45) is 0.975. The minimum absolute atomic E-state index is 0.0318. The van der Waals surface area contributed by atoms with Crippen molar-refractivity contribution in [2.75, 3.05) is 32.8 Å². The van der Waals surface area contributed by atoms with E-state index in [0.29, 0.717) is 41.8 Å². The third kappa shape index (κ3) is 7.28. The summed E-state index contributed by atoms with van der Waals surface area (Å²) in [5.41, 5.74) is 1.40. The van der Waals surface area contributed by atoms with Gasteiger partial charge in [-0.05, 0) is 56.3 Å². The molecule has 0 heterocycles. The van der Waals surface area contributed by atoms with Crippen LogP contribution in [0.5, 0.6) is 11.5 Å². The van der Waals surface area contributed by atoms with Crippen molar-refractivity contribution in [2.24, 2.45) is 0 Å². The molecule has 5 nitrogen and oxygen atoms in total. The second-order valence-electron chi connectivity index (χ2n) is 6.21. The van der Waals surface area contributed by atoms with E-state index >= 15 is 0 Å². The zero-order valence-corrected chi connectivity index (χ0v) is 16.9. The fraction of sp³-hybridized carbons (Fsp3) is 0.429. The largest absolute Gasteiger partial charge is 0.490 e. The molecule has 0 saturated heterocycles. The highest BCUT2D eigenvalue weighted by atomic mass is 35.5. The molecule has 0 fully saturated rings. The number of hydrogen-bond acceptors (Lipinski definition) is 5. The molecule has 0 aromatic heterocycles. The van der Waals surface area contributed by atoms with Crippen molar-refractivity contribution in [3.63, 3.8) is 0 Å². The lowest BCUT2D eigenvalue weighted by Crippen LogP contribution is -2.23. The maximum atomic E-state index is 13.9. The van der Waals surface area contributed by atoms with Gasteiger partial charge in [0.1, 0.15) is 12.4 Å². The van der Waals surface area contributed by atoms with Gasteiger partial charge < -0.3 is 25.2 Å². The van der Waals surface area contributed by atoms with Gasteiger partial charge in [0.2, 0.25) is 0 Å². The number of nitrogens with one attached hydrogen (secondary N) is 2. The Balaban J connectivity index is 1.91. The third-order valence-electron chi connectivity index (χ3n) is 4.07. The predicted octanol–water partition coefficient (Wildman–Crippen LogP) is 3.52. The van der Waals surface area contributed by atoms with Crippen LogP contribution in [0.4, 0.5) is 4.39 Å². The summed E-state index contributed by atoms with van der Waals surface area (Å²) in [5.74, 6) is 0.789. The molecule has 2 rings (SSSR count). The molecule has 28 heavy (non-hydrogen) atoms. The Morgan fingerprint density at radius 3 is 2.61 bits per heavy atom. The van der Waals surface area contributed by atoms with Crippen LogP contribution in [0.1, 0.15) is 24.5 Å². The molecule has 0 bridgehead atoms. The normalized spacial score (nSPS) is 10.9. The zero-order chi connectivity index (χ0) is 20.2. The van der Waals surface area contributed by atoms with Gasteiger partial charge in [0.15, 0.2) is 11.5 Å². The summed E-state index contributed by atoms with van der Waals surface area (Å²) in [6, 6.07) is 10.3. The van der Waals surface area contributed by atoms with Gasteiger partial charge in [-0.25, -0.2) is 4.39 Å². The average Bonchev–Trinajstić information content (AvgIpc) is 2.68. The summed E-state index contributed by atoms with van der Waals surface area (Å²) in [4.78, 5) is 0. The smallest absolute Gasteiger partial charge is 0.161 e. The first-order valence-electron chi connectivity index (χ1n) is 9.49. The van der Waals surface area contributed by atoms with Crippen molar-refractivity contribution in [3.05, 3.63) is 58.4 Å². The molecule has 2 aromatic carbocycles. The highest BCUT2D eigenvalue weighted by Crippen LogP contribution is 2.30. The van der Waals surface area contributed by atoms with Gasteiger partial charge in [-0.15, -0.1) is 0 Å². The van der Waals surface area contributed by atoms with Crippen molar-refractivity contribution in [1.29, 1.82) is 0 Å². The number of hydrogen-bond donors (Lipinski definition) is 3. The van der Waals surface area contributed by atoms with Crippen molar-refractivity contribution in [3.8, 4) is 11.5 Å². The first kappa shape index (κ1) is 22.4. The zero-order valence-electron chi connectivity index (χ0n) is 16.1. The molecule has 0 aliphatic carbocycles. The summed E-state index contributed by atoms with van der Waals surface area (Å²) in [5, 5.41) is 15.6. The van der Waals surface area contributed by atoms with Gasteiger partial charge in [0.25, 0.3) is 0 Å². The Kier molecular flexibility index (Phi) is 10.1. The number of aliphatic hydroxyl groups excluding tert-OH is 1. The van der Waals surface area contributed by atoms with Gasteiger partial charge >= 0.3 is 0 Å². The van der Waals surface area contributed by atoms with Crippen LogP contribution >= 0.6 is 11.6 Å². The maximum absolute atomic E-state index is 13.9. The highest BCUT2D eigenvalue weighted by Gasteiger charge is 2.11. The van der Waals surface area contributed by atoms with E-state index in [9.17, 15) is 4.39 Å². The van der Waals surface area contributed by atoms with Gasteiger partial charge in [-0.2, -0.15) is 0 Å². The standard InChI is InChI=1S/C21H28ClFN2O3/c1-2-27-21-13-16(14-25-10-4-9-24-11-12-26)7-8-20(21)28-15-17-18(22)5-3-6-19(17)23/h3,5-8,13,24-26H,2,4,9-12,14-15H2,1H3. The van der Waals surface area contributed by atoms with E-state index in [2.05, 4.69) is 10.6 Å². The minimum Gasteiger partial charge on any atom is -0.490 e. The SMILES string of the molecule is CCOc1cc(CNCCCNCCO)ccc1OCc1c(F)cccc1Cl. The minimum atomic E-state index is -0.389. The van der Waals surface area contributed by atoms with E-state index in [0.717, 1.165) is 25.1 Å². The second kappa shape index (κ2) is 12.6. The third-order valence-corrected chi connectivity index (χ3v) is 4.42. The topological polar surface area (TPSA) is 62.8 Å². The molecule has 0 spiro atoms. The van der Waals surface area contributed by atoms with Gasteiger partial charge in [0.05, 0.1) is 18.2 Å². The summed E-state index contributed by atoms with van der Waals surface area (Å²) >= 11 is 6.06. The Hall–Kier alpha value is -1.86. The first-order chi connectivity index (χ1) is 13.7. The van der Waals surface area contributed by atoms with E-state index in [1.165, 1.54) is 6.07 Å². The van der Waals surface area contributed by atoms with E-state index < -0.39 is 0 Å². The molecule has 0 aliphatic heterocycles. The fourth-order valence-corrected chi connectivity index (χ4v) is 2.86. The molecule has 3 N–H and O–H groups in total. The van der Waals surface area contributed by atoms with Crippen molar-refractivity contribution in [2.45, 2.75) is 26.5 Å². The van der Waals surface area contributed by atoms with Crippen molar-refractivity contribution < 1.29 is 19.0 Å². The molecular weight excluding hydrogens is 383 g/mol. The highest BCUT2D eigenvalue weighted by molar-refractivity contribution is 6.31. The van der Waals surface area contributed by atoms with Crippen LogP contribution in [-0.4, -0.2) is 38.0 Å². The van der Waals surface area contributed by atoms with Crippen LogP contribution in [0.2, 0.25) is 5.02 Å². The van der Waals surface area contributed by atoms with Crippen molar-refractivity contribution in [1.82, 2.24) is 10.6 Å². The fourth-order valence-electron chi connectivity index (χ4n) is 2.65. The molecule has 0 atom stereocenters. The molecule has 7 heteroatoms. The summed E-state index contributed by atoms with van der Waals surface area (Å²) in [7, 11) is 0. The summed E-state index contributed by atoms with van der Waals surface area (Å²) in [6.45, 7) is 5.66. The Morgan fingerprint density at radius 2 is 1.86 bits per heavy atom. The molecular formula is C21H28ClFN2O3. The lowest BCUT2D eigenvalue weighted by atomic mass is 10.2. The van der Waals surface area contributed by atoms with Crippen LogP contribution in [0.25, 0.3) is 0 Å². The van der Waals surface area contributed by atoms with Crippen LogP contribution in [0.15, 0.2) is 36.4 Å². The van der Waals surface area contributed by atoms with Crippen molar-refractivity contribution >= 4 is 11.6 Å². The van der Waals surface area contributed by atoms with Crippen LogP contribution in [0.3, 0.4) is 0 Å². The van der Waals surface area contributed by atoms with Gasteiger partial charge in [0, 0.05) is 18.7 Å². The van der Waals surface area contributed by atoms with E-state index in [4.69, 9.17) is 26.2 Å². The average molecular weight is 411 g/mol.